The number of halogens is 1. The number of ether oxygens (including phenoxy) is 3. The number of fused-ring (bicyclic) bond motifs is 2. The lowest BCUT2D eigenvalue weighted by Crippen LogP contribution is -2.39. The number of aryl methyl sites for hydroxylation is 1. The highest BCUT2D eigenvalue weighted by molar-refractivity contribution is 7.07. The maximum absolute atomic E-state index is 13.7. The van der Waals surface area contributed by atoms with Gasteiger partial charge in [0, 0.05) is 5.02 Å². The molecule has 3 aromatic rings. The van der Waals surface area contributed by atoms with Gasteiger partial charge in [0.15, 0.2) is 16.3 Å². The van der Waals surface area contributed by atoms with E-state index in [1.807, 2.05) is 37.3 Å². The highest BCUT2D eigenvalue weighted by Gasteiger charge is 2.33. The molecule has 0 radical (unpaired) electrons. The smallest absolute Gasteiger partial charge is 0.338 e. The molecule has 0 saturated heterocycles. The lowest BCUT2D eigenvalue weighted by molar-refractivity contribution is -0.139. The van der Waals surface area contributed by atoms with E-state index in [9.17, 15) is 9.59 Å². The van der Waals surface area contributed by atoms with Gasteiger partial charge in [-0.2, -0.15) is 0 Å². The molecule has 2 aromatic carbocycles. The number of nitrogens with zero attached hydrogens (tertiary/aromatic N) is 2. The summed E-state index contributed by atoms with van der Waals surface area (Å²) in [6.45, 7) is 5.85. The van der Waals surface area contributed by atoms with Crippen LogP contribution in [0.3, 0.4) is 0 Å². The zero-order chi connectivity index (χ0) is 24.0. The summed E-state index contributed by atoms with van der Waals surface area (Å²) in [7, 11) is 0. The van der Waals surface area contributed by atoms with Crippen molar-refractivity contribution in [1.29, 1.82) is 0 Å². The van der Waals surface area contributed by atoms with E-state index >= 15 is 0 Å². The van der Waals surface area contributed by atoms with Gasteiger partial charge in [-0.05, 0) is 67.8 Å². The second-order valence-corrected chi connectivity index (χ2v) is 9.36. The minimum Gasteiger partial charge on any atom is -0.463 e. The summed E-state index contributed by atoms with van der Waals surface area (Å²) in [4.78, 5) is 31.7. The predicted octanol–water partition coefficient (Wildman–Crippen LogP) is 3.49. The van der Waals surface area contributed by atoms with Gasteiger partial charge >= 0.3 is 5.97 Å². The number of carbonyl (C=O) groups is 1. The molecule has 1 atom stereocenters. The number of rotatable bonds is 4. The Labute approximate surface area is 204 Å². The van der Waals surface area contributed by atoms with Gasteiger partial charge in [-0.25, -0.2) is 9.79 Å². The molecule has 9 heteroatoms. The molecule has 0 amide bonds. The first-order valence-electron chi connectivity index (χ1n) is 10.7. The standard InChI is InChI=1S/C25H21ClN2O5S/c1-4-31-24(30)21-14(3)27-25-28(22(21)15-5-7-17(26)8-6-15)23(29)20(34-25)11-16-10-19-18(9-13(16)2)32-12-33-19/h5-11,22H,4,12H2,1-3H3/b20-11-. The summed E-state index contributed by atoms with van der Waals surface area (Å²) < 4.78 is 18.3. The van der Waals surface area contributed by atoms with Gasteiger partial charge in [0.05, 0.1) is 28.5 Å². The Morgan fingerprint density at radius 3 is 2.65 bits per heavy atom. The van der Waals surface area contributed by atoms with E-state index in [-0.39, 0.29) is 19.0 Å². The first kappa shape index (κ1) is 22.4. The van der Waals surface area contributed by atoms with Crippen LogP contribution >= 0.6 is 22.9 Å². The van der Waals surface area contributed by atoms with Gasteiger partial charge in [-0.3, -0.25) is 9.36 Å². The molecule has 0 saturated carbocycles. The SMILES string of the molecule is CCOC(=O)C1=C(C)N=c2s/c(=C\c3cc4c(cc3C)OCO4)c(=O)n2C1c1ccc(Cl)cc1. The van der Waals surface area contributed by atoms with E-state index in [4.69, 9.17) is 25.8 Å². The maximum Gasteiger partial charge on any atom is 0.338 e. The molecule has 0 aliphatic carbocycles. The number of aromatic nitrogens is 1. The number of hydrogen-bond acceptors (Lipinski definition) is 7. The van der Waals surface area contributed by atoms with Crippen molar-refractivity contribution in [3.05, 3.63) is 89.1 Å². The van der Waals surface area contributed by atoms with Crippen molar-refractivity contribution in [2.45, 2.75) is 26.8 Å². The van der Waals surface area contributed by atoms with E-state index in [0.717, 1.165) is 16.7 Å². The van der Waals surface area contributed by atoms with E-state index in [1.165, 1.54) is 11.3 Å². The molecule has 2 aliphatic heterocycles. The fourth-order valence-corrected chi connectivity index (χ4v) is 5.27. The van der Waals surface area contributed by atoms with Gasteiger partial charge in [0.25, 0.3) is 5.56 Å². The molecule has 5 rings (SSSR count). The number of benzene rings is 2. The van der Waals surface area contributed by atoms with Crippen molar-refractivity contribution < 1.29 is 19.0 Å². The normalized spacial score (nSPS) is 16.9. The predicted molar refractivity (Wildman–Crippen MR) is 129 cm³/mol. The molecule has 34 heavy (non-hydrogen) atoms. The fourth-order valence-electron chi connectivity index (χ4n) is 4.11. The Morgan fingerprint density at radius 2 is 1.94 bits per heavy atom. The first-order valence-corrected chi connectivity index (χ1v) is 11.9. The van der Waals surface area contributed by atoms with Gasteiger partial charge in [0.1, 0.15) is 0 Å². The van der Waals surface area contributed by atoms with Gasteiger partial charge in [-0.15, -0.1) is 0 Å². The van der Waals surface area contributed by atoms with Gasteiger partial charge in [-0.1, -0.05) is 35.1 Å². The molecular formula is C25H21ClN2O5S. The third kappa shape index (κ3) is 3.82. The molecule has 2 aliphatic rings. The zero-order valence-electron chi connectivity index (χ0n) is 18.8. The fraction of sp³-hybridized carbons (Fsp3) is 0.240. The van der Waals surface area contributed by atoms with Crippen LogP contribution in [0.4, 0.5) is 0 Å². The lowest BCUT2D eigenvalue weighted by atomic mass is 9.96. The van der Waals surface area contributed by atoms with E-state index in [0.29, 0.717) is 37.1 Å². The number of thiazole rings is 1. The molecule has 3 heterocycles. The maximum atomic E-state index is 13.7. The second kappa shape index (κ2) is 8.77. The van der Waals surface area contributed by atoms with Crippen LogP contribution < -0.4 is 24.4 Å². The number of hydrogen-bond donors (Lipinski definition) is 0. The average molecular weight is 497 g/mol. The molecule has 174 valence electrons. The van der Waals surface area contributed by atoms with Crippen molar-refractivity contribution in [2.24, 2.45) is 4.99 Å². The van der Waals surface area contributed by atoms with Crippen molar-refractivity contribution in [3.63, 3.8) is 0 Å². The number of carbonyl (C=O) groups excluding carboxylic acids is 1. The van der Waals surface area contributed by atoms with E-state index in [2.05, 4.69) is 4.99 Å². The van der Waals surface area contributed by atoms with Crippen LogP contribution in [0.5, 0.6) is 11.5 Å². The minimum absolute atomic E-state index is 0.178. The van der Waals surface area contributed by atoms with E-state index < -0.39 is 12.0 Å². The second-order valence-electron chi connectivity index (χ2n) is 7.92. The van der Waals surface area contributed by atoms with Crippen molar-refractivity contribution in [1.82, 2.24) is 4.57 Å². The molecule has 0 fully saturated rings. The summed E-state index contributed by atoms with van der Waals surface area (Å²) in [6, 6.07) is 10.2. The molecule has 0 spiro atoms. The third-order valence-electron chi connectivity index (χ3n) is 5.75. The van der Waals surface area contributed by atoms with Crippen LogP contribution in [0, 0.1) is 6.92 Å². The molecular weight excluding hydrogens is 476 g/mol. The largest absolute Gasteiger partial charge is 0.463 e. The Bertz CT molecular complexity index is 1520. The van der Waals surface area contributed by atoms with Crippen LogP contribution in [0.1, 0.15) is 36.6 Å². The van der Waals surface area contributed by atoms with Crippen LogP contribution in [0.2, 0.25) is 5.02 Å². The highest BCUT2D eigenvalue weighted by atomic mass is 35.5. The van der Waals surface area contributed by atoms with Crippen LogP contribution in [-0.2, 0) is 9.53 Å². The van der Waals surface area contributed by atoms with Crippen LogP contribution in [0.25, 0.3) is 6.08 Å². The molecule has 0 N–H and O–H groups in total. The van der Waals surface area contributed by atoms with E-state index in [1.54, 1.807) is 30.5 Å². The highest BCUT2D eigenvalue weighted by Crippen LogP contribution is 2.35. The lowest BCUT2D eigenvalue weighted by Gasteiger charge is -2.24. The minimum atomic E-state index is -0.674. The molecule has 1 unspecified atom stereocenters. The van der Waals surface area contributed by atoms with Crippen molar-refractivity contribution >= 4 is 35.0 Å². The Hall–Kier alpha value is -3.36. The summed E-state index contributed by atoms with van der Waals surface area (Å²) in [5.74, 6) is 0.835. The molecule has 7 nitrogen and oxygen atoms in total. The van der Waals surface area contributed by atoms with Crippen LogP contribution in [0.15, 0.2) is 57.5 Å². The monoisotopic (exact) mass is 496 g/mol. The van der Waals surface area contributed by atoms with Crippen molar-refractivity contribution in [2.75, 3.05) is 13.4 Å². The topological polar surface area (TPSA) is 79.1 Å². The van der Waals surface area contributed by atoms with Crippen molar-refractivity contribution in [3.8, 4) is 11.5 Å². The van der Waals surface area contributed by atoms with Gasteiger partial charge in [0.2, 0.25) is 6.79 Å². The van der Waals surface area contributed by atoms with Gasteiger partial charge < -0.3 is 14.2 Å². The Kier molecular flexibility index (Phi) is 5.79. The zero-order valence-corrected chi connectivity index (χ0v) is 20.3. The average Bonchev–Trinajstić information content (AvgIpc) is 3.37. The summed E-state index contributed by atoms with van der Waals surface area (Å²) >= 11 is 7.37. The van der Waals surface area contributed by atoms with Crippen LogP contribution in [-0.4, -0.2) is 23.9 Å². The number of esters is 1. The quantitative estimate of drug-likeness (QED) is 0.517. The first-order chi connectivity index (χ1) is 16.4. The number of allylic oxidation sites excluding steroid dienone is 1. The molecule has 0 bridgehead atoms. The molecule has 1 aromatic heterocycles. The summed E-state index contributed by atoms with van der Waals surface area (Å²) in [6.07, 6.45) is 1.82. The summed E-state index contributed by atoms with van der Waals surface area (Å²) in [5.41, 5.74) is 3.16. The summed E-state index contributed by atoms with van der Waals surface area (Å²) in [5, 5.41) is 0.563. The third-order valence-corrected chi connectivity index (χ3v) is 6.99. The Balaban J connectivity index is 1.71. The Morgan fingerprint density at radius 1 is 1.24 bits per heavy atom.